The molecular weight excluding hydrogens is 1360 g/mol. The summed E-state index contributed by atoms with van der Waals surface area (Å²) >= 11 is 0. The van der Waals surface area contributed by atoms with Crippen LogP contribution < -0.4 is 0 Å². The van der Waals surface area contributed by atoms with E-state index in [1.807, 2.05) is 0 Å². The molecule has 7 atom stereocenters. The van der Waals surface area contributed by atoms with E-state index in [2.05, 4.69) is 4.74 Å². The van der Waals surface area contributed by atoms with E-state index in [-0.39, 0.29) is 0 Å². The van der Waals surface area contributed by atoms with Crippen molar-refractivity contribution in [3.8, 4) is 0 Å². The molecule has 0 N–H and O–H groups in total. The van der Waals surface area contributed by atoms with E-state index in [1.165, 1.54) is 9.47 Å². The third-order valence-electron chi connectivity index (χ3n) is 9.39. The third-order valence-corrected chi connectivity index (χ3v) is 9.39. The van der Waals surface area contributed by atoms with Gasteiger partial charge >= 0.3 is 133 Å². The number of rotatable bonds is 22. The van der Waals surface area contributed by atoms with Crippen molar-refractivity contribution in [3.63, 3.8) is 0 Å². The van der Waals surface area contributed by atoms with Crippen LogP contribution in [0.25, 0.3) is 0 Å². The van der Waals surface area contributed by atoms with Gasteiger partial charge in [0, 0.05) is 19.5 Å². The summed E-state index contributed by atoms with van der Waals surface area (Å²) in [6.07, 6.45) is -132. The van der Waals surface area contributed by atoms with E-state index in [9.17, 15) is 172 Å². The van der Waals surface area contributed by atoms with Gasteiger partial charge in [-0.1, -0.05) is 0 Å². The number of nitrogens with zero attached hydrogens (tertiary/aromatic N) is 1. The minimum absolute atomic E-state index is 0.828. The quantitative estimate of drug-likeness (QED) is 0.0992. The number of amides is 1. The van der Waals surface area contributed by atoms with Crippen LogP contribution in [0, 0.1) is 5.92 Å². The Balaban J connectivity index is 4.60. The molecular formula is C29H11F46NO8. The standard InChI is InChI=1S/C29H11F46NO8/c30-8(16(40,41)42,79-26(68,69)12(36,20(52,53)54)83-28(72,73)14(38,22(58,59)60)81-24(64,65)10(32,33)18(46,47)48)5-6(7(77)76-1-3-78-4-2-76)9(31,17(43,44)45)80-27(70,71)13(37,21(55,56)57)84-29(74,75)15(39,23(61,62)63)82-25(66,67)11(34,35)19(49,50)51/h6H,1-5H2. The largest absolute Gasteiger partial charge is 0.462 e. The number of ether oxygens (including phenoxy) is 7. The Morgan fingerprint density at radius 2 is 0.548 bits per heavy atom. The molecule has 0 saturated carbocycles. The zero-order valence-electron chi connectivity index (χ0n) is 36.7. The first-order valence-corrected chi connectivity index (χ1v) is 18.6. The van der Waals surface area contributed by atoms with Gasteiger partial charge in [0.15, 0.2) is 0 Å². The fraction of sp³-hybridized carbons (Fsp3) is 0.966. The average molecular weight is 1380 g/mol. The SMILES string of the molecule is O=C(C(CC(F)(OC(F)(F)C(F)(OC(F)(F)C(F)(OC(F)(F)C(F)(F)C(F)(F)F)C(F)(F)F)C(F)(F)F)C(F)(F)F)C(F)(OC(F)(F)C(F)(OC(F)(F)C(F)(OC(F)(F)C(F)(F)C(F)(F)F)C(F)(F)F)C(F)(F)F)C(F)(F)F)N1CCOCC1. The molecule has 0 spiro atoms. The molecule has 502 valence electrons. The van der Waals surface area contributed by atoms with Crippen LogP contribution in [0.1, 0.15) is 6.42 Å². The highest BCUT2D eigenvalue weighted by Crippen LogP contribution is 2.64. The summed E-state index contributed by atoms with van der Waals surface area (Å²) in [7, 11) is 0. The van der Waals surface area contributed by atoms with Gasteiger partial charge < -0.3 is 9.64 Å². The lowest BCUT2D eigenvalue weighted by Gasteiger charge is -2.45. The molecule has 7 unspecified atom stereocenters. The zero-order chi connectivity index (χ0) is 68.2. The first-order chi connectivity index (χ1) is 35.9. The van der Waals surface area contributed by atoms with Crippen LogP contribution in [0.15, 0.2) is 0 Å². The van der Waals surface area contributed by atoms with Crippen LogP contribution in [0.5, 0.6) is 0 Å². The Hall–Kier alpha value is -4.03. The van der Waals surface area contributed by atoms with Crippen LogP contribution in [0.3, 0.4) is 0 Å². The molecule has 1 heterocycles. The van der Waals surface area contributed by atoms with Crippen molar-refractivity contribution in [2.24, 2.45) is 5.92 Å². The highest BCUT2D eigenvalue weighted by Gasteiger charge is 2.91. The molecule has 0 aliphatic carbocycles. The minimum Gasteiger partial charge on any atom is -0.378 e. The lowest BCUT2D eigenvalue weighted by molar-refractivity contribution is -0.582. The van der Waals surface area contributed by atoms with Gasteiger partial charge in [-0.05, 0) is 0 Å². The van der Waals surface area contributed by atoms with Gasteiger partial charge in [0.05, 0.1) is 13.2 Å². The van der Waals surface area contributed by atoms with E-state index >= 15 is 35.1 Å². The molecule has 1 aliphatic rings. The van der Waals surface area contributed by atoms with Crippen molar-refractivity contribution in [3.05, 3.63) is 0 Å². The predicted octanol–water partition coefficient (Wildman–Crippen LogP) is 14.3. The van der Waals surface area contributed by atoms with Crippen molar-refractivity contribution < 1.29 is 240 Å². The number of hydrogen-bond donors (Lipinski definition) is 0. The normalized spacial score (nSPS) is 21.4. The van der Waals surface area contributed by atoms with Gasteiger partial charge in [-0.25, -0.2) is 8.78 Å². The molecule has 84 heavy (non-hydrogen) atoms. The molecule has 1 amide bonds. The van der Waals surface area contributed by atoms with Gasteiger partial charge in [0.2, 0.25) is 5.91 Å². The second-order valence-electron chi connectivity index (χ2n) is 15.3. The topological polar surface area (TPSA) is 84.9 Å². The maximum absolute atomic E-state index is 16.3. The molecule has 0 radical (unpaired) electrons. The molecule has 1 aliphatic heterocycles. The fourth-order valence-corrected chi connectivity index (χ4v) is 5.13. The van der Waals surface area contributed by atoms with Crippen LogP contribution in [0.4, 0.5) is 202 Å². The highest BCUT2D eigenvalue weighted by atomic mass is 19.5. The summed E-state index contributed by atoms with van der Waals surface area (Å²) < 4.78 is 651. The van der Waals surface area contributed by atoms with Crippen LogP contribution in [-0.4, -0.2) is 170 Å². The number of alkyl halides is 46. The first kappa shape index (κ1) is 78.0. The molecule has 0 aromatic rings. The number of halogens is 46. The maximum atomic E-state index is 16.3. The predicted molar refractivity (Wildman–Crippen MR) is 153 cm³/mol. The summed E-state index contributed by atoms with van der Waals surface area (Å²) in [5, 5.41) is 0. The number of hydrogen-bond acceptors (Lipinski definition) is 8. The zero-order valence-corrected chi connectivity index (χ0v) is 36.7. The molecule has 0 aromatic heterocycles. The smallest absolute Gasteiger partial charge is 0.378 e. The van der Waals surface area contributed by atoms with Crippen molar-refractivity contribution in [1.29, 1.82) is 0 Å². The second-order valence-corrected chi connectivity index (χ2v) is 15.3. The molecule has 0 aromatic carbocycles. The van der Waals surface area contributed by atoms with Crippen molar-refractivity contribution >= 4 is 5.91 Å². The molecule has 1 rings (SSSR count). The van der Waals surface area contributed by atoms with E-state index in [0.29, 0.717) is 0 Å². The van der Waals surface area contributed by atoms with Crippen LogP contribution in [0.2, 0.25) is 0 Å². The van der Waals surface area contributed by atoms with Crippen molar-refractivity contribution in [1.82, 2.24) is 4.90 Å². The lowest BCUT2D eigenvalue weighted by atomic mass is 9.89. The monoisotopic (exact) mass is 1370 g/mol. The maximum Gasteiger partial charge on any atom is 0.462 e. The highest BCUT2D eigenvalue weighted by molar-refractivity contribution is 5.80. The first-order valence-electron chi connectivity index (χ1n) is 18.6. The van der Waals surface area contributed by atoms with E-state index in [0.717, 1.165) is 18.9 Å². The molecule has 55 heteroatoms. The van der Waals surface area contributed by atoms with Gasteiger partial charge in [0.25, 0.3) is 0 Å². The van der Waals surface area contributed by atoms with Gasteiger partial charge in [0.1, 0.15) is 5.92 Å². The molecule has 1 fully saturated rings. The molecule has 0 bridgehead atoms. The Labute approximate surface area is 423 Å². The van der Waals surface area contributed by atoms with Gasteiger partial charge in [-0.2, -0.15) is 193 Å². The van der Waals surface area contributed by atoms with Crippen molar-refractivity contribution in [2.75, 3.05) is 26.3 Å². The summed E-state index contributed by atoms with van der Waals surface area (Å²) in [5.41, 5.74) is 0. The molecule has 1 saturated heterocycles. The fourth-order valence-electron chi connectivity index (χ4n) is 5.13. The van der Waals surface area contributed by atoms with Crippen LogP contribution in [-0.2, 0) is 38.0 Å². The van der Waals surface area contributed by atoms with Crippen LogP contribution >= 0.6 is 0 Å². The van der Waals surface area contributed by atoms with E-state index < -0.39 is 182 Å². The summed E-state index contributed by atoms with van der Waals surface area (Å²) in [4.78, 5) is 11.9. The summed E-state index contributed by atoms with van der Waals surface area (Å²) in [6, 6.07) is 0. The summed E-state index contributed by atoms with van der Waals surface area (Å²) in [6.45, 7) is -7.30. The van der Waals surface area contributed by atoms with E-state index in [1.54, 1.807) is 0 Å². The average Bonchev–Trinajstić information content (AvgIpc) is 3.21. The number of morpholine rings is 1. The Morgan fingerprint density at radius 1 is 0.310 bits per heavy atom. The lowest BCUT2D eigenvalue weighted by Crippen LogP contribution is -2.71. The number of carbonyl (C=O) groups excluding carboxylic acids is 1. The van der Waals surface area contributed by atoms with Gasteiger partial charge in [-0.15, -0.1) is 0 Å². The van der Waals surface area contributed by atoms with Gasteiger partial charge in [-0.3, -0.25) is 33.2 Å². The number of carbonyl (C=O) groups is 1. The van der Waals surface area contributed by atoms with E-state index in [4.69, 9.17) is 0 Å². The Bertz CT molecular complexity index is 2270. The second kappa shape index (κ2) is 21.6. The Kier molecular flexibility index (Phi) is 20.1. The van der Waals surface area contributed by atoms with Crippen molar-refractivity contribution in [2.45, 2.75) is 139 Å². The Morgan fingerprint density at radius 3 is 0.774 bits per heavy atom. The third kappa shape index (κ3) is 13.5. The molecule has 9 nitrogen and oxygen atoms in total. The minimum atomic E-state index is -9.64. The summed E-state index contributed by atoms with van der Waals surface area (Å²) in [5.74, 6) is -83.7.